The van der Waals surface area contributed by atoms with Crippen LogP contribution < -0.4 is 5.32 Å². The van der Waals surface area contributed by atoms with E-state index in [1.807, 2.05) is 6.07 Å². The Labute approximate surface area is 130 Å². The van der Waals surface area contributed by atoms with E-state index in [1.54, 1.807) is 11.8 Å². The number of carbonyl (C=O) groups excluding carboxylic acids is 1. The molecule has 0 fully saturated rings. The van der Waals surface area contributed by atoms with Crippen molar-refractivity contribution < 1.29 is 9.32 Å². The second-order valence-corrected chi connectivity index (χ2v) is 5.93. The molecule has 0 atom stereocenters. The lowest BCUT2D eigenvalue weighted by Crippen LogP contribution is -2.34. The van der Waals surface area contributed by atoms with Crippen molar-refractivity contribution in [3.8, 4) is 0 Å². The van der Waals surface area contributed by atoms with Crippen molar-refractivity contribution in [3.63, 3.8) is 0 Å². The summed E-state index contributed by atoms with van der Waals surface area (Å²) in [7, 11) is 0. The molecule has 110 valence electrons. The van der Waals surface area contributed by atoms with Gasteiger partial charge in [0, 0.05) is 17.6 Å². The number of amides is 2. The molecule has 0 spiro atoms. The number of aryl methyl sites for hydroxylation is 2. The van der Waals surface area contributed by atoms with Gasteiger partial charge >= 0.3 is 12.0 Å². The summed E-state index contributed by atoms with van der Waals surface area (Å²) < 4.78 is 5.94. The van der Waals surface area contributed by atoms with Gasteiger partial charge in [-0.2, -0.15) is 4.98 Å². The Morgan fingerprint density at radius 3 is 3.05 bits per heavy atom. The fraction of sp³-hybridized carbons (Fsp3) is 0.357. The van der Waals surface area contributed by atoms with Gasteiger partial charge in [0.1, 0.15) is 0 Å². The normalized spacial score (nSPS) is 14.5. The molecular formula is C14H15BrN4O2. The average Bonchev–Trinajstić information content (AvgIpc) is 2.73. The number of aromatic nitrogens is 2. The molecule has 0 radical (unpaired) electrons. The van der Waals surface area contributed by atoms with Gasteiger partial charge in [0.2, 0.25) is 0 Å². The molecule has 1 aliphatic rings. The highest BCUT2D eigenvalue weighted by atomic mass is 79.9. The minimum absolute atomic E-state index is 0.135. The van der Waals surface area contributed by atoms with Gasteiger partial charge in [0.05, 0.1) is 0 Å². The third-order valence-corrected chi connectivity index (χ3v) is 3.93. The molecule has 2 amide bonds. The Morgan fingerprint density at radius 2 is 2.29 bits per heavy atom. The van der Waals surface area contributed by atoms with Crippen LogP contribution in [-0.4, -0.2) is 27.6 Å². The maximum absolute atomic E-state index is 12.3. The van der Waals surface area contributed by atoms with Crippen LogP contribution in [0.2, 0.25) is 0 Å². The molecule has 1 aromatic heterocycles. The first-order valence-electron chi connectivity index (χ1n) is 6.75. The number of nitrogens with one attached hydrogen (secondary N) is 1. The number of nitrogens with zero attached hydrogens (tertiary/aromatic N) is 3. The van der Waals surface area contributed by atoms with Crippen molar-refractivity contribution in [2.75, 3.05) is 11.9 Å². The Morgan fingerprint density at radius 1 is 1.43 bits per heavy atom. The van der Waals surface area contributed by atoms with E-state index >= 15 is 0 Å². The van der Waals surface area contributed by atoms with Crippen molar-refractivity contribution in [2.24, 2.45) is 0 Å². The fourth-order valence-electron chi connectivity index (χ4n) is 2.42. The molecule has 1 aromatic carbocycles. The highest BCUT2D eigenvalue weighted by Crippen LogP contribution is 2.23. The monoisotopic (exact) mass is 350 g/mol. The van der Waals surface area contributed by atoms with Crippen LogP contribution in [0.5, 0.6) is 0 Å². The Hall–Kier alpha value is -1.89. The lowest BCUT2D eigenvalue weighted by atomic mass is 10.0. The molecule has 3 rings (SSSR count). The molecule has 21 heavy (non-hydrogen) atoms. The molecule has 2 heterocycles. The van der Waals surface area contributed by atoms with Crippen LogP contribution in [0.3, 0.4) is 0 Å². The quantitative estimate of drug-likeness (QED) is 0.857. The number of carbonyl (C=O) groups is 1. The summed E-state index contributed by atoms with van der Waals surface area (Å²) in [6, 6.07) is 6.14. The van der Waals surface area contributed by atoms with Gasteiger partial charge in [-0.1, -0.05) is 27.2 Å². The van der Waals surface area contributed by atoms with Crippen LogP contribution in [0.15, 0.2) is 27.2 Å². The maximum Gasteiger partial charge on any atom is 0.329 e. The van der Waals surface area contributed by atoms with Crippen molar-refractivity contribution >= 4 is 28.0 Å². The summed E-state index contributed by atoms with van der Waals surface area (Å²) in [5.74, 6) is 0.496. The lowest BCUT2D eigenvalue weighted by molar-refractivity contribution is 0.209. The molecule has 0 bridgehead atoms. The first-order valence-corrected chi connectivity index (χ1v) is 7.54. The standard InChI is InChI=1S/C14H15BrN4O2/c1-9-16-13(21-18-9)17-14(20)19-6-2-3-10-4-5-12(15)7-11(10)8-19/h4-5,7H,2-3,6,8H2,1H3,(H,16,17,18,20). The lowest BCUT2D eigenvalue weighted by Gasteiger charge is -2.20. The van der Waals surface area contributed by atoms with Gasteiger partial charge in [0.25, 0.3) is 0 Å². The molecule has 7 heteroatoms. The predicted octanol–water partition coefficient (Wildman–Crippen LogP) is 3.12. The van der Waals surface area contributed by atoms with Crippen molar-refractivity contribution in [2.45, 2.75) is 26.3 Å². The van der Waals surface area contributed by atoms with Crippen molar-refractivity contribution in [1.29, 1.82) is 0 Å². The van der Waals surface area contributed by atoms with Crippen LogP contribution in [0.4, 0.5) is 10.8 Å². The molecule has 1 aliphatic heterocycles. The first-order chi connectivity index (χ1) is 10.1. The van der Waals surface area contributed by atoms with Gasteiger partial charge in [0.15, 0.2) is 5.82 Å². The van der Waals surface area contributed by atoms with E-state index in [1.165, 1.54) is 11.1 Å². The van der Waals surface area contributed by atoms with E-state index in [0.29, 0.717) is 18.9 Å². The summed E-state index contributed by atoms with van der Waals surface area (Å²) in [5, 5.41) is 6.30. The number of urea groups is 1. The van der Waals surface area contributed by atoms with E-state index in [9.17, 15) is 4.79 Å². The van der Waals surface area contributed by atoms with Crippen molar-refractivity contribution in [1.82, 2.24) is 15.0 Å². The number of fused-ring (bicyclic) bond motifs is 1. The molecule has 1 N–H and O–H groups in total. The molecule has 2 aromatic rings. The van der Waals surface area contributed by atoms with Crippen LogP contribution in [-0.2, 0) is 13.0 Å². The van der Waals surface area contributed by atoms with Gasteiger partial charge in [-0.15, -0.1) is 0 Å². The van der Waals surface area contributed by atoms with Crippen LogP contribution >= 0.6 is 15.9 Å². The second-order valence-electron chi connectivity index (χ2n) is 5.02. The third kappa shape index (κ3) is 3.24. The predicted molar refractivity (Wildman–Crippen MR) is 80.9 cm³/mol. The maximum atomic E-state index is 12.3. The second kappa shape index (κ2) is 5.85. The molecule has 0 aliphatic carbocycles. The molecule has 6 nitrogen and oxygen atoms in total. The third-order valence-electron chi connectivity index (χ3n) is 3.43. The molecule has 0 unspecified atom stereocenters. The van der Waals surface area contributed by atoms with E-state index in [2.05, 4.69) is 43.5 Å². The first kappa shape index (κ1) is 14.1. The van der Waals surface area contributed by atoms with Crippen molar-refractivity contribution in [3.05, 3.63) is 39.6 Å². The van der Waals surface area contributed by atoms with Crippen LogP contribution in [0.25, 0.3) is 0 Å². The zero-order valence-corrected chi connectivity index (χ0v) is 13.2. The van der Waals surface area contributed by atoms with Crippen LogP contribution in [0, 0.1) is 6.92 Å². The Kier molecular flexibility index (Phi) is 3.92. The van der Waals surface area contributed by atoms with Gasteiger partial charge in [-0.25, -0.2) is 4.79 Å². The zero-order chi connectivity index (χ0) is 14.8. The topological polar surface area (TPSA) is 71.3 Å². The SMILES string of the molecule is Cc1noc(NC(=O)N2CCCc3ccc(Br)cc3C2)n1. The average molecular weight is 351 g/mol. The molecule has 0 saturated carbocycles. The zero-order valence-electron chi connectivity index (χ0n) is 11.6. The number of halogens is 1. The Bertz CT molecular complexity index is 671. The largest absolute Gasteiger partial charge is 0.329 e. The van der Waals surface area contributed by atoms with E-state index in [0.717, 1.165) is 17.3 Å². The summed E-state index contributed by atoms with van der Waals surface area (Å²) in [6.07, 6.45) is 1.91. The smallest absolute Gasteiger partial charge is 0.320 e. The van der Waals surface area contributed by atoms with Crippen LogP contribution in [0.1, 0.15) is 23.4 Å². The Balaban J connectivity index is 1.75. The summed E-state index contributed by atoms with van der Waals surface area (Å²) >= 11 is 3.48. The van der Waals surface area contributed by atoms with Gasteiger partial charge < -0.3 is 9.42 Å². The van der Waals surface area contributed by atoms with E-state index < -0.39 is 0 Å². The molecular weight excluding hydrogens is 336 g/mol. The number of hydrogen-bond donors (Lipinski definition) is 1. The summed E-state index contributed by atoms with van der Waals surface area (Å²) in [6.45, 7) is 2.98. The molecule has 0 saturated heterocycles. The highest BCUT2D eigenvalue weighted by Gasteiger charge is 2.20. The number of anilines is 1. The van der Waals surface area contributed by atoms with Gasteiger partial charge in [-0.3, -0.25) is 5.32 Å². The fourth-order valence-corrected chi connectivity index (χ4v) is 2.83. The van der Waals surface area contributed by atoms with E-state index in [-0.39, 0.29) is 12.0 Å². The minimum atomic E-state index is -0.216. The number of rotatable bonds is 1. The highest BCUT2D eigenvalue weighted by molar-refractivity contribution is 9.10. The summed E-state index contributed by atoms with van der Waals surface area (Å²) in [5.41, 5.74) is 2.46. The van der Waals surface area contributed by atoms with E-state index in [4.69, 9.17) is 4.52 Å². The number of benzene rings is 1. The minimum Gasteiger partial charge on any atom is -0.320 e. The van der Waals surface area contributed by atoms with Gasteiger partial charge in [-0.05, 0) is 43.0 Å². The number of hydrogen-bond acceptors (Lipinski definition) is 4. The summed E-state index contributed by atoms with van der Waals surface area (Å²) in [4.78, 5) is 18.0.